The van der Waals surface area contributed by atoms with E-state index in [1.54, 1.807) is 0 Å². The highest BCUT2D eigenvalue weighted by atomic mass is 19.4. The Balaban J connectivity index is 1.57. The number of aromatic hydroxyl groups is 1. The summed E-state index contributed by atoms with van der Waals surface area (Å²) in [4.78, 5) is 28.9. The van der Waals surface area contributed by atoms with Gasteiger partial charge < -0.3 is 36.2 Å². The summed E-state index contributed by atoms with van der Waals surface area (Å²) >= 11 is 0. The minimum atomic E-state index is -4.82. The van der Waals surface area contributed by atoms with Gasteiger partial charge in [-0.15, -0.1) is 0 Å². The third-order valence-corrected chi connectivity index (χ3v) is 10.2. The Labute approximate surface area is 246 Å². The van der Waals surface area contributed by atoms with Gasteiger partial charge in [0.25, 0.3) is 5.91 Å². The van der Waals surface area contributed by atoms with Gasteiger partial charge in [0, 0.05) is 17.5 Å². The normalized spacial score (nSPS) is 33.6. The number of primary amides is 1. The van der Waals surface area contributed by atoms with Crippen LogP contribution in [-0.4, -0.2) is 80.5 Å². The quantitative estimate of drug-likeness (QED) is 0.285. The van der Waals surface area contributed by atoms with Crippen molar-refractivity contribution in [2.75, 3.05) is 26.2 Å². The standard InChI is InChI=1S/C30H36F3N3O7/c1-3-8-36(4-2)23-16-10-13-9-15-20(18(37)11-14(17-6-5-7-35-17)21(15)30(31,32)33)24(38)19(13)26(40)29(16)28(42,12-43-29)22(25(23)39)27(34)41/h11,13,16-17,23,35,37-39,42H,3-10,12H2,1-2H3,(H2,34,41)/t13-,16-,17?,23-,28-,29-/m0/s1. The fourth-order valence-corrected chi connectivity index (χ4v) is 8.51. The number of carbonyl (C=O) groups is 2. The number of aliphatic hydroxyl groups excluding tert-OH is 2. The predicted molar refractivity (Wildman–Crippen MR) is 147 cm³/mol. The molecule has 10 nitrogen and oxygen atoms in total. The molecular weight excluding hydrogens is 571 g/mol. The molecule has 1 aromatic carbocycles. The molecule has 6 rings (SSSR count). The number of nitrogens with one attached hydrogen (secondary N) is 1. The number of alkyl halides is 3. The van der Waals surface area contributed by atoms with Gasteiger partial charge in [-0.25, -0.2) is 0 Å². The maximum atomic E-state index is 14.7. The average molecular weight is 608 g/mol. The van der Waals surface area contributed by atoms with Gasteiger partial charge in [0.2, 0.25) is 0 Å². The van der Waals surface area contributed by atoms with Crippen LogP contribution in [0.2, 0.25) is 0 Å². The van der Waals surface area contributed by atoms with E-state index in [0.29, 0.717) is 38.9 Å². The van der Waals surface area contributed by atoms with Crippen molar-refractivity contribution in [2.45, 2.75) is 75.4 Å². The first-order valence-corrected chi connectivity index (χ1v) is 14.8. The van der Waals surface area contributed by atoms with E-state index >= 15 is 0 Å². The topological polar surface area (TPSA) is 166 Å². The van der Waals surface area contributed by atoms with E-state index in [-0.39, 0.29) is 29.5 Å². The molecule has 3 fully saturated rings. The maximum absolute atomic E-state index is 14.7. The molecule has 7 N–H and O–H groups in total. The SMILES string of the molecule is CCCN(CC)[C@@H]1C(O)=C(C(N)=O)[C@@]2(O)CO[C@@]23C(=O)C2=C(O)c4c(O)cc(C5CCCN5)c(C(F)(F)F)c4C[C@H]2C[C@@H]13. The van der Waals surface area contributed by atoms with Crippen molar-refractivity contribution in [1.82, 2.24) is 10.2 Å². The molecule has 6 atom stereocenters. The van der Waals surface area contributed by atoms with Gasteiger partial charge >= 0.3 is 6.18 Å². The molecule has 0 bridgehead atoms. The van der Waals surface area contributed by atoms with Gasteiger partial charge in [-0.3, -0.25) is 14.5 Å². The van der Waals surface area contributed by atoms with Crippen LogP contribution in [0.4, 0.5) is 13.2 Å². The predicted octanol–water partition coefficient (Wildman–Crippen LogP) is 2.78. The number of phenolic OH excluding ortho intramolecular Hbond substituents is 1. The van der Waals surface area contributed by atoms with Crippen LogP contribution in [0.15, 0.2) is 23.0 Å². The first-order chi connectivity index (χ1) is 20.2. The van der Waals surface area contributed by atoms with E-state index in [2.05, 4.69) is 5.32 Å². The highest BCUT2D eigenvalue weighted by Crippen LogP contribution is 2.62. The highest BCUT2D eigenvalue weighted by Gasteiger charge is 2.78. The van der Waals surface area contributed by atoms with Gasteiger partial charge in [0.15, 0.2) is 17.0 Å². The second kappa shape index (κ2) is 9.94. The summed E-state index contributed by atoms with van der Waals surface area (Å²) in [5, 5.41) is 48.8. The van der Waals surface area contributed by atoms with Crippen molar-refractivity contribution >= 4 is 17.4 Å². The molecular formula is C30H36F3N3O7. The number of amides is 1. The number of Topliss-reactive ketones (excluding diaryl/α,β-unsaturated/α-hetero) is 1. The van der Waals surface area contributed by atoms with E-state index in [4.69, 9.17) is 10.5 Å². The second-order valence-corrected chi connectivity index (χ2v) is 12.3. The molecule has 1 aromatic rings. The Bertz CT molecular complexity index is 1470. The van der Waals surface area contributed by atoms with Crippen LogP contribution in [0.3, 0.4) is 0 Å². The number of ether oxygens (including phenoxy) is 1. The zero-order chi connectivity index (χ0) is 31.2. The molecule has 1 unspecified atom stereocenters. The number of nitrogens with zero attached hydrogens (tertiary/aromatic N) is 1. The summed E-state index contributed by atoms with van der Waals surface area (Å²) in [5.74, 6) is -5.87. The van der Waals surface area contributed by atoms with Crippen LogP contribution in [0, 0.1) is 11.8 Å². The fourth-order valence-electron chi connectivity index (χ4n) is 8.51. The van der Waals surface area contributed by atoms with E-state index in [0.717, 1.165) is 6.07 Å². The van der Waals surface area contributed by atoms with Crippen molar-refractivity contribution in [2.24, 2.45) is 17.6 Å². The summed E-state index contributed by atoms with van der Waals surface area (Å²) in [6, 6.07) is -0.649. The van der Waals surface area contributed by atoms with E-state index in [1.807, 2.05) is 18.7 Å². The minimum Gasteiger partial charge on any atom is -0.510 e. The number of phenols is 1. The summed E-state index contributed by atoms with van der Waals surface area (Å²) in [7, 11) is 0. The number of rotatable bonds is 6. The summed E-state index contributed by atoms with van der Waals surface area (Å²) in [5.41, 5.74) is -1.48. The third-order valence-electron chi connectivity index (χ3n) is 10.2. The molecule has 43 heavy (non-hydrogen) atoms. The highest BCUT2D eigenvalue weighted by molar-refractivity contribution is 6.13. The van der Waals surface area contributed by atoms with Crippen LogP contribution >= 0.6 is 0 Å². The monoisotopic (exact) mass is 607 g/mol. The number of aliphatic hydroxyl groups is 3. The molecule has 13 heteroatoms. The lowest BCUT2D eigenvalue weighted by atomic mass is 9.50. The number of likely N-dealkylation sites (N-methyl/N-ethyl adjacent to an activating group) is 1. The van der Waals surface area contributed by atoms with Crippen LogP contribution in [-0.2, 0) is 26.9 Å². The molecule has 234 valence electrons. The molecule has 5 aliphatic rings. The van der Waals surface area contributed by atoms with Gasteiger partial charge in [0.05, 0.1) is 29.3 Å². The Morgan fingerprint density at radius 2 is 1.98 bits per heavy atom. The number of carbonyl (C=O) groups excluding carboxylic acids is 2. The van der Waals surface area contributed by atoms with Crippen LogP contribution in [0.5, 0.6) is 5.75 Å². The summed E-state index contributed by atoms with van der Waals surface area (Å²) in [6.07, 6.45) is -3.46. The lowest BCUT2D eigenvalue weighted by molar-refractivity contribution is -0.307. The van der Waals surface area contributed by atoms with Gasteiger partial charge in [-0.1, -0.05) is 13.8 Å². The number of hydrogen-bond donors (Lipinski definition) is 6. The van der Waals surface area contributed by atoms with Gasteiger partial charge in [-0.05, 0) is 74.8 Å². The fraction of sp³-hybridized carbons (Fsp3) is 0.600. The molecule has 1 amide bonds. The molecule has 1 saturated carbocycles. The Morgan fingerprint density at radius 1 is 1.26 bits per heavy atom. The van der Waals surface area contributed by atoms with E-state index in [9.17, 15) is 43.2 Å². The van der Waals surface area contributed by atoms with Crippen molar-refractivity contribution < 1.29 is 47.9 Å². The summed E-state index contributed by atoms with van der Waals surface area (Å²) in [6.45, 7) is 4.52. The van der Waals surface area contributed by atoms with Gasteiger partial charge in [0.1, 0.15) is 17.3 Å². The summed E-state index contributed by atoms with van der Waals surface area (Å²) < 4.78 is 50.1. The number of ketones is 1. The Hall–Kier alpha value is -3.13. The second-order valence-electron chi connectivity index (χ2n) is 12.3. The van der Waals surface area contributed by atoms with Crippen LogP contribution in [0.1, 0.15) is 67.8 Å². The number of halogens is 3. The molecule has 0 aromatic heterocycles. The number of nitrogens with two attached hydrogens (primary N) is 1. The Morgan fingerprint density at radius 3 is 2.51 bits per heavy atom. The molecule has 2 aliphatic heterocycles. The molecule has 1 spiro atoms. The lowest BCUT2D eigenvalue weighted by Gasteiger charge is -2.65. The van der Waals surface area contributed by atoms with E-state index in [1.165, 1.54) is 0 Å². The maximum Gasteiger partial charge on any atom is 0.417 e. The third kappa shape index (κ3) is 3.87. The first-order valence-electron chi connectivity index (χ1n) is 14.8. The molecule has 2 heterocycles. The molecule has 3 aliphatic carbocycles. The molecule has 2 saturated heterocycles. The van der Waals surface area contributed by atoms with Crippen LogP contribution in [0.25, 0.3) is 5.76 Å². The van der Waals surface area contributed by atoms with E-state index < -0.39 is 93.6 Å². The number of fused-ring (bicyclic) bond motifs is 2. The zero-order valence-electron chi connectivity index (χ0n) is 23.9. The minimum absolute atomic E-state index is 0.0577. The zero-order valence-corrected chi connectivity index (χ0v) is 23.9. The average Bonchev–Trinajstić information content (AvgIpc) is 3.45. The lowest BCUT2D eigenvalue weighted by Crippen LogP contribution is -2.83. The largest absolute Gasteiger partial charge is 0.510 e. The van der Waals surface area contributed by atoms with Gasteiger partial charge in [-0.2, -0.15) is 13.2 Å². The Kier molecular flexibility index (Phi) is 6.92. The van der Waals surface area contributed by atoms with Crippen molar-refractivity contribution in [3.05, 3.63) is 45.2 Å². The van der Waals surface area contributed by atoms with Crippen molar-refractivity contribution in [1.29, 1.82) is 0 Å². The number of hydrogen-bond acceptors (Lipinski definition) is 9. The number of benzene rings is 1. The smallest absolute Gasteiger partial charge is 0.417 e. The van der Waals surface area contributed by atoms with Crippen LogP contribution < -0.4 is 11.1 Å². The van der Waals surface area contributed by atoms with Crippen molar-refractivity contribution in [3.8, 4) is 5.75 Å². The molecule has 0 radical (unpaired) electrons. The van der Waals surface area contributed by atoms with Crippen molar-refractivity contribution in [3.63, 3.8) is 0 Å². The first kappa shape index (κ1) is 29.9.